The molecule has 2 N–H and O–H groups in total. The van der Waals surface area contributed by atoms with Crippen molar-refractivity contribution in [3.05, 3.63) is 12.2 Å². The third-order valence-electron chi connectivity index (χ3n) is 13.5. The highest BCUT2D eigenvalue weighted by atomic mass is 16.3. The van der Waals surface area contributed by atoms with Gasteiger partial charge in [-0.05, 0) is 128 Å². The van der Waals surface area contributed by atoms with E-state index in [9.17, 15) is 10.2 Å². The summed E-state index contributed by atoms with van der Waals surface area (Å²) in [4.78, 5) is 0. The molecule has 2 heteroatoms. The predicted molar refractivity (Wildman–Crippen MR) is 132 cm³/mol. The maximum absolute atomic E-state index is 10.9. The second kappa shape index (κ2) is 7.09. The fourth-order valence-corrected chi connectivity index (χ4v) is 11.5. The van der Waals surface area contributed by atoms with Crippen LogP contribution in [0, 0.1) is 56.7 Å². The van der Waals surface area contributed by atoms with Gasteiger partial charge in [-0.25, -0.2) is 0 Å². The molecule has 5 aliphatic carbocycles. The molecule has 0 bridgehead atoms. The van der Waals surface area contributed by atoms with Crippen molar-refractivity contribution in [1.29, 1.82) is 0 Å². The van der Waals surface area contributed by atoms with Gasteiger partial charge in [0.05, 0.1) is 6.10 Å². The third-order valence-corrected chi connectivity index (χ3v) is 13.5. The molecule has 182 valence electrons. The van der Waals surface area contributed by atoms with Crippen LogP contribution in [0.1, 0.15) is 106 Å². The molecule has 0 aromatic rings. The molecular formula is C30H50O2. The van der Waals surface area contributed by atoms with Crippen LogP contribution in [0.3, 0.4) is 0 Å². The van der Waals surface area contributed by atoms with Crippen LogP contribution in [-0.2, 0) is 0 Å². The quantitative estimate of drug-likeness (QED) is 0.452. The van der Waals surface area contributed by atoms with Gasteiger partial charge < -0.3 is 10.2 Å². The van der Waals surface area contributed by atoms with Crippen molar-refractivity contribution in [2.45, 2.75) is 112 Å². The number of aliphatic hydroxyl groups excluding tert-OH is 2. The summed E-state index contributed by atoms with van der Waals surface area (Å²) in [6.45, 7) is 19.7. The maximum Gasteiger partial charge on any atom is 0.0594 e. The minimum atomic E-state index is -0.147. The van der Waals surface area contributed by atoms with Crippen LogP contribution >= 0.6 is 0 Å². The average molecular weight is 443 g/mol. The Hall–Kier alpha value is -0.340. The van der Waals surface area contributed by atoms with E-state index in [4.69, 9.17) is 0 Å². The Balaban J connectivity index is 1.55. The molecule has 5 aliphatic rings. The minimum absolute atomic E-state index is 0.0290. The van der Waals surface area contributed by atoms with Gasteiger partial charge in [-0.2, -0.15) is 0 Å². The lowest BCUT2D eigenvalue weighted by molar-refractivity contribution is -0.249. The van der Waals surface area contributed by atoms with Crippen LogP contribution in [0.4, 0.5) is 0 Å². The average Bonchev–Trinajstić information content (AvgIpc) is 3.12. The highest BCUT2D eigenvalue weighted by molar-refractivity contribution is 5.21. The minimum Gasteiger partial charge on any atom is -0.396 e. The van der Waals surface area contributed by atoms with Gasteiger partial charge in [0.1, 0.15) is 0 Å². The zero-order valence-electron chi connectivity index (χ0n) is 21.8. The summed E-state index contributed by atoms with van der Waals surface area (Å²) in [7, 11) is 0. The molecule has 0 spiro atoms. The van der Waals surface area contributed by atoms with Crippen molar-refractivity contribution >= 4 is 0 Å². The van der Waals surface area contributed by atoms with Crippen molar-refractivity contribution in [2.75, 3.05) is 6.61 Å². The van der Waals surface area contributed by atoms with Gasteiger partial charge >= 0.3 is 0 Å². The van der Waals surface area contributed by atoms with Gasteiger partial charge in [-0.3, -0.25) is 0 Å². The van der Waals surface area contributed by atoms with E-state index < -0.39 is 0 Å². The van der Waals surface area contributed by atoms with E-state index in [1.807, 2.05) is 0 Å². The fourth-order valence-electron chi connectivity index (χ4n) is 11.5. The second-order valence-corrected chi connectivity index (χ2v) is 14.6. The first-order valence-corrected chi connectivity index (χ1v) is 13.8. The SMILES string of the molecule is C=C(C)[C@@H]1CC[C@]2(CO)CC[C@]3(C)[C@H](CC[C@@H]4[C@@]5(C)CC[C@@H](O)C(C)(C)[C@@H]5CC[C@]43C)[C@H]12. The van der Waals surface area contributed by atoms with Gasteiger partial charge in [-0.15, -0.1) is 0 Å². The molecule has 0 aromatic carbocycles. The van der Waals surface area contributed by atoms with E-state index in [0.29, 0.717) is 40.6 Å². The highest BCUT2D eigenvalue weighted by Crippen LogP contribution is 2.77. The van der Waals surface area contributed by atoms with E-state index in [-0.39, 0.29) is 16.9 Å². The first kappa shape index (κ1) is 23.4. The smallest absolute Gasteiger partial charge is 0.0594 e. The van der Waals surface area contributed by atoms with E-state index in [1.165, 1.54) is 63.4 Å². The molecule has 0 saturated heterocycles. The Morgan fingerprint density at radius 1 is 0.812 bits per heavy atom. The van der Waals surface area contributed by atoms with Crippen molar-refractivity contribution in [3.63, 3.8) is 0 Å². The molecule has 32 heavy (non-hydrogen) atoms. The van der Waals surface area contributed by atoms with Crippen LogP contribution in [-0.4, -0.2) is 22.9 Å². The zero-order chi connectivity index (χ0) is 23.3. The van der Waals surface area contributed by atoms with Crippen molar-refractivity contribution < 1.29 is 10.2 Å². The summed E-state index contributed by atoms with van der Waals surface area (Å²) in [6, 6.07) is 0. The van der Waals surface area contributed by atoms with E-state index in [1.54, 1.807) is 0 Å². The van der Waals surface area contributed by atoms with Crippen molar-refractivity contribution in [2.24, 2.45) is 56.7 Å². The summed E-state index contributed by atoms with van der Waals surface area (Å²) < 4.78 is 0. The van der Waals surface area contributed by atoms with Crippen LogP contribution < -0.4 is 0 Å². The number of aliphatic hydroxyl groups is 2. The molecule has 0 heterocycles. The van der Waals surface area contributed by atoms with Crippen LogP contribution in [0.2, 0.25) is 0 Å². The summed E-state index contributed by atoms with van der Waals surface area (Å²) in [5, 5.41) is 21.5. The topological polar surface area (TPSA) is 40.5 Å². The normalized spacial score (nSPS) is 56.5. The Labute approximate surface area is 197 Å². The van der Waals surface area contributed by atoms with Crippen molar-refractivity contribution in [1.82, 2.24) is 0 Å². The molecule has 0 aliphatic heterocycles. The zero-order valence-corrected chi connectivity index (χ0v) is 21.8. The monoisotopic (exact) mass is 442 g/mol. The van der Waals surface area contributed by atoms with Crippen LogP contribution in [0.15, 0.2) is 12.2 Å². The van der Waals surface area contributed by atoms with E-state index in [0.717, 1.165) is 18.3 Å². The maximum atomic E-state index is 10.9. The first-order valence-electron chi connectivity index (χ1n) is 13.8. The molecule has 0 amide bonds. The van der Waals surface area contributed by atoms with E-state index >= 15 is 0 Å². The number of rotatable bonds is 2. The second-order valence-electron chi connectivity index (χ2n) is 14.6. The standard InChI is InChI=1S/C30H50O2/c1-19(2)20-10-15-30(18-31)17-16-28(6)21(25(20)30)8-9-23-27(5)13-12-24(32)26(3,4)22(27)11-14-29(23,28)7/h20-25,31-32H,1,8-18H2,2-7H3/t20-,21+,22-,23+,24+,25-,27-,28+,29+,30+/m0/s1. The largest absolute Gasteiger partial charge is 0.396 e. The Morgan fingerprint density at radius 3 is 2.19 bits per heavy atom. The van der Waals surface area contributed by atoms with Gasteiger partial charge in [0, 0.05) is 6.61 Å². The Kier molecular flexibility index (Phi) is 5.19. The van der Waals surface area contributed by atoms with Gasteiger partial charge in [-0.1, -0.05) is 46.8 Å². The molecule has 0 radical (unpaired) electrons. The van der Waals surface area contributed by atoms with Crippen LogP contribution in [0.25, 0.3) is 0 Å². The number of fused-ring (bicyclic) bond motifs is 7. The van der Waals surface area contributed by atoms with Gasteiger partial charge in [0.25, 0.3) is 0 Å². The summed E-state index contributed by atoms with van der Waals surface area (Å²) >= 11 is 0. The Morgan fingerprint density at radius 2 is 1.53 bits per heavy atom. The van der Waals surface area contributed by atoms with E-state index in [2.05, 4.69) is 48.1 Å². The Bertz CT molecular complexity index is 786. The molecule has 5 fully saturated rings. The molecule has 2 nitrogen and oxygen atoms in total. The molecule has 5 rings (SSSR count). The van der Waals surface area contributed by atoms with Gasteiger partial charge in [0.2, 0.25) is 0 Å². The fraction of sp³-hybridized carbons (Fsp3) is 0.933. The molecular weight excluding hydrogens is 392 g/mol. The lowest BCUT2D eigenvalue weighted by Crippen LogP contribution is -2.66. The lowest BCUT2D eigenvalue weighted by atomic mass is 9.32. The number of hydrogen-bond donors (Lipinski definition) is 2. The molecule has 10 atom stereocenters. The summed E-state index contributed by atoms with van der Waals surface area (Å²) in [5.41, 5.74) is 2.60. The summed E-state index contributed by atoms with van der Waals surface area (Å²) in [5.74, 6) is 3.33. The summed E-state index contributed by atoms with van der Waals surface area (Å²) in [6.07, 6.45) is 12.2. The third kappa shape index (κ3) is 2.66. The molecule has 0 aromatic heterocycles. The highest BCUT2D eigenvalue weighted by Gasteiger charge is 2.70. The number of hydrogen-bond acceptors (Lipinski definition) is 2. The predicted octanol–water partition coefficient (Wildman–Crippen LogP) is 7.00. The lowest BCUT2D eigenvalue weighted by Gasteiger charge is -2.73. The van der Waals surface area contributed by atoms with Crippen molar-refractivity contribution in [3.8, 4) is 0 Å². The number of allylic oxidation sites excluding steroid dienone is 1. The molecule has 0 unspecified atom stereocenters. The first-order chi connectivity index (χ1) is 14.9. The van der Waals surface area contributed by atoms with Gasteiger partial charge in [0.15, 0.2) is 0 Å². The van der Waals surface area contributed by atoms with Crippen LogP contribution in [0.5, 0.6) is 0 Å². The molecule has 5 saturated carbocycles.